The molecule has 1 aromatic rings. The Bertz CT molecular complexity index is 566. The quantitative estimate of drug-likeness (QED) is 0.751. The van der Waals surface area contributed by atoms with Crippen LogP contribution >= 0.6 is 0 Å². The molecule has 0 aromatic carbocycles. The van der Waals surface area contributed by atoms with Crippen molar-refractivity contribution in [2.75, 3.05) is 6.61 Å². The molecule has 4 nitrogen and oxygen atoms in total. The van der Waals surface area contributed by atoms with Crippen molar-refractivity contribution in [2.24, 2.45) is 0 Å². The first-order valence-corrected chi connectivity index (χ1v) is 8.26. The average Bonchev–Trinajstić information content (AvgIpc) is 2.48. The van der Waals surface area contributed by atoms with E-state index in [4.69, 9.17) is 4.74 Å². The van der Waals surface area contributed by atoms with Gasteiger partial charge in [0.1, 0.15) is 5.78 Å². The predicted molar refractivity (Wildman–Crippen MR) is 85.1 cm³/mol. The highest BCUT2D eigenvalue weighted by Crippen LogP contribution is 2.34. The minimum Gasteiger partial charge on any atom is -0.462 e. The number of ketones is 1. The lowest BCUT2D eigenvalue weighted by Gasteiger charge is -2.25. The summed E-state index contributed by atoms with van der Waals surface area (Å²) >= 11 is 0. The highest BCUT2D eigenvalue weighted by molar-refractivity contribution is 5.90. The van der Waals surface area contributed by atoms with E-state index in [9.17, 15) is 9.59 Å². The third kappa shape index (κ3) is 3.73. The molecule has 1 atom stereocenters. The zero-order valence-electron chi connectivity index (χ0n) is 13.8. The molecule has 120 valence electrons. The Hall–Kier alpha value is -1.71. The number of hydrogen-bond acceptors (Lipinski definition) is 4. The molecule has 4 heteroatoms. The van der Waals surface area contributed by atoms with Gasteiger partial charge >= 0.3 is 5.97 Å². The second kappa shape index (κ2) is 7.52. The van der Waals surface area contributed by atoms with Crippen LogP contribution in [0.4, 0.5) is 0 Å². The Morgan fingerprint density at radius 1 is 1.36 bits per heavy atom. The van der Waals surface area contributed by atoms with E-state index in [-0.39, 0.29) is 11.9 Å². The lowest BCUT2D eigenvalue weighted by atomic mass is 9.82. The summed E-state index contributed by atoms with van der Waals surface area (Å²) in [5.41, 5.74) is 3.38. The van der Waals surface area contributed by atoms with E-state index < -0.39 is 0 Å². The van der Waals surface area contributed by atoms with Crippen molar-refractivity contribution in [3.63, 3.8) is 0 Å². The lowest BCUT2D eigenvalue weighted by molar-refractivity contribution is -0.119. The van der Waals surface area contributed by atoms with Gasteiger partial charge < -0.3 is 4.74 Å². The Morgan fingerprint density at radius 3 is 2.82 bits per heavy atom. The molecular weight excluding hydrogens is 278 g/mol. The molecule has 0 saturated heterocycles. The van der Waals surface area contributed by atoms with Gasteiger partial charge in [0.25, 0.3) is 0 Å². The number of hydrogen-bond donors (Lipinski definition) is 0. The van der Waals surface area contributed by atoms with E-state index in [1.54, 1.807) is 6.92 Å². The van der Waals surface area contributed by atoms with Gasteiger partial charge in [-0.05, 0) is 51.2 Å². The molecular formula is C18H25NO3. The third-order valence-electron chi connectivity index (χ3n) is 4.21. The first-order valence-electron chi connectivity index (χ1n) is 8.26. The predicted octanol–water partition coefficient (Wildman–Crippen LogP) is 3.75. The van der Waals surface area contributed by atoms with E-state index in [1.165, 1.54) is 0 Å². The summed E-state index contributed by atoms with van der Waals surface area (Å²) in [6.07, 6.45) is 5.09. The SMILES string of the molecule is CCCC(=O)CC1CCCc2cc(C(=O)OCC)c(C)nc21. The van der Waals surface area contributed by atoms with E-state index in [2.05, 4.69) is 4.98 Å². The van der Waals surface area contributed by atoms with Crippen LogP contribution in [-0.4, -0.2) is 23.3 Å². The fourth-order valence-electron chi connectivity index (χ4n) is 3.16. The number of fused-ring (bicyclic) bond motifs is 1. The van der Waals surface area contributed by atoms with Crippen molar-refractivity contribution >= 4 is 11.8 Å². The molecule has 0 saturated carbocycles. The van der Waals surface area contributed by atoms with Crippen LogP contribution in [-0.2, 0) is 16.0 Å². The van der Waals surface area contributed by atoms with Gasteiger partial charge in [-0.1, -0.05) is 6.92 Å². The summed E-state index contributed by atoms with van der Waals surface area (Å²) < 4.78 is 5.09. The van der Waals surface area contributed by atoms with Gasteiger partial charge in [-0.15, -0.1) is 0 Å². The monoisotopic (exact) mass is 303 g/mol. The molecule has 1 aliphatic rings. The summed E-state index contributed by atoms with van der Waals surface area (Å²) in [6, 6.07) is 1.92. The van der Waals surface area contributed by atoms with Crippen molar-refractivity contribution < 1.29 is 14.3 Å². The number of aryl methyl sites for hydroxylation is 2. The molecule has 0 aliphatic heterocycles. The van der Waals surface area contributed by atoms with Crippen LogP contribution in [0.2, 0.25) is 0 Å². The Labute approximate surface area is 132 Å². The summed E-state index contributed by atoms with van der Waals surface area (Å²) in [4.78, 5) is 28.6. The Morgan fingerprint density at radius 2 is 2.14 bits per heavy atom. The lowest BCUT2D eigenvalue weighted by Crippen LogP contribution is -2.18. The number of nitrogens with zero attached hydrogens (tertiary/aromatic N) is 1. The zero-order chi connectivity index (χ0) is 16.1. The van der Waals surface area contributed by atoms with Crippen LogP contribution in [0.15, 0.2) is 6.07 Å². The Kier molecular flexibility index (Phi) is 5.69. The number of Topliss-reactive ketones (excluding diaryl/α,β-unsaturated/α-hetero) is 1. The van der Waals surface area contributed by atoms with Gasteiger partial charge in [0.05, 0.1) is 17.9 Å². The fraction of sp³-hybridized carbons (Fsp3) is 0.611. The van der Waals surface area contributed by atoms with E-state index in [1.807, 2.05) is 19.9 Å². The van der Waals surface area contributed by atoms with Crippen molar-refractivity contribution in [1.82, 2.24) is 4.98 Å². The summed E-state index contributed by atoms with van der Waals surface area (Å²) in [7, 11) is 0. The zero-order valence-corrected chi connectivity index (χ0v) is 13.8. The summed E-state index contributed by atoms with van der Waals surface area (Å²) in [5.74, 6) is 0.214. The van der Waals surface area contributed by atoms with Gasteiger partial charge in [-0.25, -0.2) is 4.79 Å². The van der Waals surface area contributed by atoms with Crippen LogP contribution < -0.4 is 0 Å². The van der Waals surface area contributed by atoms with Crippen molar-refractivity contribution in [1.29, 1.82) is 0 Å². The Balaban J connectivity index is 2.26. The number of aromatic nitrogens is 1. The maximum atomic E-state index is 12.0. The van der Waals surface area contributed by atoms with E-state index in [0.29, 0.717) is 36.5 Å². The van der Waals surface area contributed by atoms with Crippen LogP contribution in [0.3, 0.4) is 0 Å². The van der Waals surface area contributed by atoms with Crippen LogP contribution in [0.5, 0.6) is 0 Å². The largest absolute Gasteiger partial charge is 0.462 e. The normalized spacial score (nSPS) is 17.0. The van der Waals surface area contributed by atoms with E-state index >= 15 is 0 Å². The fourth-order valence-corrected chi connectivity index (χ4v) is 3.16. The van der Waals surface area contributed by atoms with Crippen LogP contribution in [0.1, 0.15) is 79.2 Å². The number of carbonyl (C=O) groups excluding carboxylic acids is 2. The molecule has 0 fully saturated rings. The molecule has 1 aromatic heterocycles. The maximum Gasteiger partial charge on any atom is 0.339 e. The highest BCUT2D eigenvalue weighted by Gasteiger charge is 2.26. The first-order chi connectivity index (χ1) is 10.6. The maximum absolute atomic E-state index is 12.0. The third-order valence-corrected chi connectivity index (χ3v) is 4.21. The molecule has 1 unspecified atom stereocenters. The summed E-state index contributed by atoms with van der Waals surface area (Å²) in [5, 5.41) is 0. The highest BCUT2D eigenvalue weighted by atomic mass is 16.5. The number of pyridine rings is 1. The van der Waals surface area contributed by atoms with Gasteiger partial charge in [-0.2, -0.15) is 0 Å². The first kappa shape index (κ1) is 16.7. The number of esters is 1. The van der Waals surface area contributed by atoms with Gasteiger partial charge in [-0.3, -0.25) is 9.78 Å². The average molecular weight is 303 g/mol. The van der Waals surface area contributed by atoms with Crippen molar-refractivity contribution in [3.8, 4) is 0 Å². The van der Waals surface area contributed by atoms with Crippen LogP contribution in [0.25, 0.3) is 0 Å². The van der Waals surface area contributed by atoms with E-state index in [0.717, 1.165) is 36.9 Å². The molecule has 1 aliphatic carbocycles. The van der Waals surface area contributed by atoms with Crippen LogP contribution in [0, 0.1) is 6.92 Å². The molecule has 1 heterocycles. The van der Waals surface area contributed by atoms with Gasteiger partial charge in [0, 0.05) is 24.5 Å². The second-order valence-corrected chi connectivity index (χ2v) is 5.97. The van der Waals surface area contributed by atoms with Crippen molar-refractivity contribution in [2.45, 2.75) is 65.2 Å². The molecule has 22 heavy (non-hydrogen) atoms. The van der Waals surface area contributed by atoms with Gasteiger partial charge in [0.15, 0.2) is 0 Å². The summed E-state index contributed by atoms with van der Waals surface area (Å²) in [6.45, 7) is 6.03. The minimum atomic E-state index is -0.306. The molecule has 0 amide bonds. The smallest absolute Gasteiger partial charge is 0.339 e. The van der Waals surface area contributed by atoms with Gasteiger partial charge in [0.2, 0.25) is 0 Å². The molecule has 0 N–H and O–H groups in total. The minimum absolute atomic E-state index is 0.206. The standard InChI is InChI=1S/C18H25NO3/c1-4-7-15(20)10-13-8-6-9-14-11-16(18(21)22-5-2)12(3)19-17(13)14/h11,13H,4-10H2,1-3H3. The number of ether oxygens (including phenoxy) is 1. The molecule has 0 spiro atoms. The molecule has 0 radical (unpaired) electrons. The molecule has 2 rings (SSSR count). The molecule has 0 bridgehead atoms. The van der Waals surface area contributed by atoms with Crippen molar-refractivity contribution in [3.05, 3.63) is 28.6 Å². The number of rotatable bonds is 6. The second-order valence-electron chi connectivity index (χ2n) is 5.97. The topological polar surface area (TPSA) is 56.3 Å². The number of carbonyl (C=O) groups is 2.